The van der Waals surface area contributed by atoms with E-state index in [2.05, 4.69) is 4.72 Å². The molecule has 19 heavy (non-hydrogen) atoms. The Hall–Kier alpha value is -0.910. The number of nitrogens with one attached hydrogen (secondary N) is 1. The lowest BCUT2D eigenvalue weighted by Crippen LogP contribution is -2.30. The number of benzene rings is 1. The minimum absolute atomic E-state index is 0.0971. The Balaban J connectivity index is 2.79. The average molecular weight is 285 g/mol. The van der Waals surface area contributed by atoms with Crippen LogP contribution in [0.5, 0.6) is 0 Å². The summed E-state index contributed by atoms with van der Waals surface area (Å²) in [5.74, 6) is 0.0971. The normalized spacial score (nSPS) is 15.2. The molecule has 0 aliphatic heterocycles. The molecule has 0 saturated carbocycles. The van der Waals surface area contributed by atoms with E-state index in [0.717, 1.165) is 11.1 Å². The molecule has 0 aromatic heterocycles. The average Bonchev–Trinajstić information content (AvgIpc) is 2.29. The van der Waals surface area contributed by atoms with Crippen molar-refractivity contribution in [3.63, 3.8) is 0 Å². The van der Waals surface area contributed by atoms with E-state index in [0.29, 0.717) is 17.9 Å². The standard InChI is InChI=1S/C14H23NO3S/c1-10-5-6-12(3)14(8-10)19(17,18)15-9-11(2)7-13(4)16/h5-6,8,11,13,15-16H,7,9H2,1-4H3. The molecule has 0 aliphatic rings. The highest BCUT2D eigenvalue weighted by Gasteiger charge is 2.18. The third kappa shape index (κ3) is 4.93. The lowest BCUT2D eigenvalue weighted by Gasteiger charge is -2.15. The van der Waals surface area contributed by atoms with Crippen LogP contribution in [0.2, 0.25) is 0 Å². The van der Waals surface area contributed by atoms with Crippen molar-refractivity contribution in [3.05, 3.63) is 29.3 Å². The van der Waals surface area contributed by atoms with Gasteiger partial charge in [-0.1, -0.05) is 19.1 Å². The van der Waals surface area contributed by atoms with Gasteiger partial charge in [-0.2, -0.15) is 0 Å². The zero-order valence-electron chi connectivity index (χ0n) is 12.0. The van der Waals surface area contributed by atoms with Gasteiger partial charge in [-0.05, 0) is 50.3 Å². The Bertz CT molecular complexity index is 523. The van der Waals surface area contributed by atoms with E-state index in [1.54, 1.807) is 19.9 Å². The molecule has 1 aromatic carbocycles. The molecule has 4 nitrogen and oxygen atoms in total. The van der Waals surface area contributed by atoms with Crippen LogP contribution in [0.25, 0.3) is 0 Å². The van der Waals surface area contributed by atoms with Gasteiger partial charge in [-0.25, -0.2) is 13.1 Å². The van der Waals surface area contributed by atoms with Crippen LogP contribution in [0.3, 0.4) is 0 Å². The van der Waals surface area contributed by atoms with E-state index in [4.69, 9.17) is 0 Å². The Morgan fingerprint density at radius 2 is 1.89 bits per heavy atom. The number of hydrogen-bond donors (Lipinski definition) is 2. The summed E-state index contributed by atoms with van der Waals surface area (Å²) in [7, 11) is -3.48. The highest BCUT2D eigenvalue weighted by atomic mass is 32.2. The summed E-state index contributed by atoms with van der Waals surface area (Å²) in [5.41, 5.74) is 1.66. The van der Waals surface area contributed by atoms with Gasteiger partial charge >= 0.3 is 0 Å². The van der Waals surface area contributed by atoms with Gasteiger partial charge in [0.15, 0.2) is 0 Å². The minimum Gasteiger partial charge on any atom is -0.393 e. The van der Waals surface area contributed by atoms with Crippen LogP contribution in [0, 0.1) is 19.8 Å². The quantitative estimate of drug-likeness (QED) is 0.840. The van der Waals surface area contributed by atoms with Crippen LogP contribution < -0.4 is 4.72 Å². The van der Waals surface area contributed by atoms with E-state index in [1.165, 1.54) is 0 Å². The van der Waals surface area contributed by atoms with Gasteiger partial charge in [0.25, 0.3) is 0 Å². The smallest absolute Gasteiger partial charge is 0.240 e. The van der Waals surface area contributed by atoms with Crippen LogP contribution >= 0.6 is 0 Å². The second-order valence-corrected chi connectivity index (χ2v) is 7.05. The van der Waals surface area contributed by atoms with Crippen molar-refractivity contribution < 1.29 is 13.5 Å². The largest absolute Gasteiger partial charge is 0.393 e. The van der Waals surface area contributed by atoms with E-state index in [-0.39, 0.29) is 5.92 Å². The summed E-state index contributed by atoms with van der Waals surface area (Å²) in [4.78, 5) is 0.330. The first-order valence-electron chi connectivity index (χ1n) is 6.47. The van der Waals surface area contributed by atoms with Gasteiger partial charge in [0, 0.05) is 6.54 Å². The number of sulfonamides is 1. The van der Waals surface area contributed by atoms with Crippen LogP contribution in [-0.4, -0.2) is 26.2 Å². The van der Waals surface area contributed by atoms with Crippen LogP contribution in [0.1, 0.15) is 31.4 Å². The molecule has 5 heteroatoms. The molecule has 0 aliphatic carbocycles. The lowest BCUT2D eigenvalue weighted by atomic mass is 10.1. The first kappa shape index (κ1) is 16.1. The zero-order valence-corrected chi connectivity index (χ0v) is 12.8. The summed E-state index contributed by atoms with van der Waals surface area (Å²) in [6, 6.07) is 5.38. The SMILES string of the molecule is Cc1ccc(C)c(S(=O)(=O)NCC(C)CC(C)O)c1. The highest BCUT2D eigenvalue weighted by molar-refractivity contribution is 7.89. The van der Waals surface area contributed by atoms with Crippen molar-refractivity contribution >= 4 is 10.0 Å². The van der Waals surface area contributed by atoms with Gasteiger partial charge in [0.2, 0.25) is 10.0 Å². The van der Waals surface area contributed by atoms with Crippen LogP contribution in [-0.2, 0) is 10.0 Å². The van der Waals surface area contributed by atoms with Crippen molar-refractivity contribution in [3.8, 4) is 0 Å². The molecular weight excluding hydrogens is 262 g/mol. The molecule has 108 valence electrons. The molecule has 2 unspecified atom stereocenters. The van der Waals surface area contributed by atoms with Gasteiger partial charge in [-0.3, -0.25) is 0 Å². The van der Waals surface area contributed by atoms with Crippen molar-refractivity contribution in [2.24, 2.45) is 5.92 Å². The van der Waals surface area contributed by atoms with Crippen molar-refractivity contribution in [1.82, 2.24) is 4.72 Å². The molecule has 2 N–H and O–H groups in total. The molecule has 1 aromatic rings. The van der Waals surface area contributed by atoms with E-state index < -0.39 is 16.1 Å². The third-order valence-electron chi connectivity index (χ3n) is 3.00. The monoisotopic (exact) mass is 285 g/mol. The Morgan fingerprint density at radius 1 is 1.26 bits per heavy atom. The predicted octanol–water partition coefficient (Wildman–Crippen LogP) is 1.99. The summed E-state index contributed by atoms with van der Waals surface area (Å²) in [6.45, 7) is 7.61. The molecule has 0 amide bonds. The molecular formula is C14H23NO3S. The van der Waals surface area contributed by atoms with Crippen molar-refractivity contribution in [2.75, 3.05) is 6.54 Å². The summed E-state index contributed by atoms with van der Waals surface area (Å²) in [5, 5.41) is 9.27. The maximum atomic E-state index is 12.2. The molecule has 1 rings (SSSR count). The maximum absolute atomic E-state index is 12.2. The second-order valence-electron chi connectivity index (χ2n) is 5.31. The fraction of sp³-hybridized carbons (Fsp3) is 0.571. The second kappa shape index (κ2) is 6.50. The Labute approximate surface area is 115 Å². The molecule has 0 fully saturated rings. The molecule has 2 atom stereocenters. The van der Waals surface area contributed by atoms with Crippen LogP contribution in [0.4, 0.5) is 0 Å². The van der Waals surface area contributed by atoms with Gasteiger partial charge in [-0.15, -0.1) is 0 Å². The number of hydrogen-bond acceptors (Lipinski definition) is 3. The number of aryl methyl sites for hydroxylation is 2. The summed E-state index contributed by atoms with van der Waals surface area (Å²) < 4.78 is 27.1. The van der Waals surface area contributed by atoms with Crippen molar-refractivity contribution in [1.29, 1.82) is 0 Å². The van der Waals surface area contributed by atoms with E-state index in [1.807, 2.05) is 26.0 Å². The third-order valence-corrected chi connectivity index (χ3v) is 4.56. The molecule has 0 saturated heterocycles. The first-order chi connectivity index (χ1) is 8.72. The predicted molar refractivity (Wildman–Crippen MR) is 76.6 cm³/mol. The van der Waals surface area contributed by atoms with Gasteiger partial charge in [0.1, 0.15) is 0 Å². The number of rotatable bonds is 6. The summed E-state index contributed by atoms with van der Waals surface area (Å²) in [6.07, 6.45) is 0.162. The van der Waals surface area contributed by atoms with Crippen molar-refractivity contribution in [2.45, 2.75) is 45.1 Å². The number of aliphatic hydroxyl groups excluding tert-OH is 1. The zero-order chi connectivity index (χ0) is 14.6. The molecule has 0 radical (unpaired) electrons. The fourth-order valence-electron chi connectivity index (χ4n) is 1.99. The highest BCUT2D eigenvalue weighted by Crippen LogP contribution is 2.17. The van der Waals surface area contributed by atoms with Gasteiger partial charge in [0.05, 0.1) is 11.0 Å². The fourth-order valence-corrected chi connectivity index (χ4v) is 3.48. The first-order valence-corrected chi connectivity index (χ1v) is 7.95. The molecule has 0 bridgehead atoms. The molecule has 0 heterocycles. The minimum atomic E-state index is -3.48. The van der Waals surface area contributed by atoms with Crippen LogP contribution in [0.15, 0.2) is 23.1 Å². The van der Waals surface area contributed by atoms with E-state index in [9.17, 15) is 13.5 Å². The topological polar surface area (TPSA) is 66.4 Å². The Morgan fingerprint density at radius 3 is 2.47 bits per heavy atom. The molecule has 0 spiro atoms. The Kier molecular flexibility index (Phi) is 5.52. The maximum Gasteiger partial charge on any atom is 0.240 e. The lowest BCUT2D eigenvalue weighted by molar-refractivity contribution is 0.165. The van der Waals surface area contributed by atoms with E-state index >= 15 is 0 Å². The number of aliphatic hydroxyl groups is 1. The van der Waals surface area contributed by atoms with Gasteiger partial charge < -0.3 is 5.11 Å². The summed E-state index contributed by atoms with van der Waals surface area (Å²) >= 11 is 0.